The van der Waals surface area contributed by atoms with Crippen LogP contribution < -0.4 is 5.32 Å². The maximum absolute atomic E-state index is 11.2. The molecule has 2 heterocycles. The highest BCUT2D eigenvalue weighted by atomic mass is 32.1. The van der Waals surface area contributed by atoms with Crippen molar-refractivity contribution in [1.82, 2.24) is 10.2 Å². The molecule has 1 N–H and O–H groups in total. The van der Waals surface area contributed by atoms with E-state index in [0.29, 0.717) is 12.5 Å². The Balaban J connectivity index is 1.72. The molecule has 0 aromatic carbocycles. The largest absolute Gasteiger partial charge is 0.469 e. The summed E-state index contributed by atoms with van der Waals surface area (Å²) in [6.45, 7) is 3.14. The zero-order valence-corrected chi connectivity index (χ0v) is 13.2. The van der Waals surface area contributed by atoms with Crippen LogP contribution in [0.2, 0.25) is 0 Å². The average Bonchev–Trinajstić information content (AvgIpc) is 2.88. The monoisotopic (exact) mass is 296 g/mol. The van der Waals surface area contributed by atoms with Crippen LogP contribution in [0.5, 0.6) is 0 Å². The molecule has 112 valence electrons. The number of esters is 1. The zero-order valence-electron chi connectivity index (χ0n) is 12.4. The summed E-state index contributed by atoms with van der Waals surface area (Å²) in [6.07, 6.45) is 4.35. The van der Waals surface area contributed by atoms with Crippen LogP contribution in [0.25, 0.3) is 0 Å². The second-order valence-corrected chi connectivity index (χ2v) is 6.63. The van der Waals surface area contributed by atoms with Gasteiger partial charge in [0.2, 0.25) is 0 Å². The van der Waals surface area contributed by atoms with Crippen LogP contribution in [0.1, 0.15) is 29.0 Å². The van der Waals surface area contributed by atoms with Gasteiger partial charge in [-0.2, -0.15) is 0 Å². The highest BCUT2D eigenvalue weighted by Gasteiger charge is 2.18. The minimum absolute atomic E-state index is 0.171. The van der Waals surface area contributed by atoms with Crippen LogP contribution in [-0.2, 0) is 22.5 Å². The van der Waals surface area contributed by atoms with Gasteiger partial charge in [-0.25, -0.2) is 0 Å². The summed E-state index contributed by atoms with van der Waals surface area (Å²) in [5.41, 5.74) is 0. The number of nitrogens with zero attached hydrogens (tertiary/aromatic N) is 1. The topological polar surface area (TPSA) is 41.6 Å². The molecule has 1 saturated heterocycles. The van der Waals surface area contributed by atoms with Gasteiger partial charge in [0.05, 0.1) is 13.5 Å². The Labute approximate surface area is 125 Å². The molecule has 0 spiro atoms. The summed E-state index contributed by atoms with van der Waals surface area (Å²) < 4.78 is 4.68. The Bertz CT molecular complexity index is 433. The minimum atomic E-state index is -0.171. The first kappa shape index (κ1) is 15.5. The van der Waals surface area contributed by atoms with Crippen molar-refractivity contribution < 1.29 is 9.53 Å². The van der Waals surface area contributed by atoms with Gasteiger partial charge in [0, 0.05) is 28.9 Å². The Hall–Kier alpha value is -0.910. The Morgan fingerprint density at radius 2 is 2.25 bits per heavy atom. The number of nitrogens with one attached hydrogen (secondary N) is 1. The fourth-order valence-electron chi connectivity index (χ4n) is 2.59. The van der Waals surface area contributed by atoms with Gasteiger partial charge in [0.1, 0.15) is 0 Å². The lowest BCUT2D eigenvalue weighted by molar-refractivity contribution is -0.139. The second-order valence-electron chi connectivity index (χ2n) is 5.38. The highest BCUT2D eigenvalue weighted by molar-refractivity contribution is 7.12. The number of piperidine rings is 1. The maximum atomic E-state index is 11.2. The quantitative estimate of drug-likeness (QED) is 0.816. The summed E-state index contributed by atoms with van der Waals surface area (Å²) >= 11 is 1.69. The van der Waals surface area contributed by atoms with E-state index in [1.807, 2.05) is 6.07 Å². The van der Waals surface area contributed by atoms with Crippen molar-refractivity contribution in [1.29, 1.82) is 0 Å². The van der Waals surface area contributed by atoms with Crippen molar-refractivity contribution in [3.8, 4) is 0 Å². The van der Waals surface area contributed by atoms with Crippen LogP contribution in [-0.4, -0.2) is 44.2 Å². The molecule has 1 aliphatic heterocycles. The van der Waals surface area contributed by atoms with Gasteiger partial charge >= 0.3 is 5.97 Å². The number of hydrogen-bond acceptors (Lipinski definition) is 5. The van der Waals surface area contributed by atoms with E-state index in [-0.39, 0.29) is 5.97 Å². The smallest absolute Gasteiger partial charge is 0.310 e. The first-order valence-corrected chi connectivity index (χ1v) is 8.06. The standard InChI is InChI=1S/C15H24N2O2S/c1-17-8-4-3-5-12(17)10-16-11-14-7-6-13(20-14)9-15(18)19-2/h6-7,12,16H,3-5,8-11H2,1-2H3. The SMILES string of the molecule is COC(=O)Cc1ccc(CNCC2CCCCN2C)s1. The van der Waals surface area contributed by atoms with E-state index < -0.39 is 0 Å². The zero-order chi connectivity index (χ0) is 14.4. The van der Waals surface area contributed by atoms with Crippen LogP contribution >= 0.6 is 11.3 Å². The van der Waals surface area contributed by atoms with Gasteiger partial charge in [0.25, 0.3) is 0 Å². The van der Waals surface area contributed by atoms with E-state index in [2.05, 4.69) is 28.1 Å². The molecule has 2 rings (SSSR count). The fourth-order valence-corrected chi connectivity index (χ4v) is 3.56. The average molecular weight is 296 g/mol. The van der Waals surface area contributed by atoms with Gasteiger partial charge in [-0.1, -0.05) is 6.42 Å². The molecule has 1 unspecified atom stereocenters. The number of likely N-dealkylation sites (N-methyl/N-ethyl adjacent to an activating group) is 1. The number of hydrogen-bond donors (Lipinski definition) is 1. The van der Waals surface area contributed by atoms with E-state index in [0.717, 1.165) is 18.0 Å². The number of methoxy groups -OCH3 is 1. The molecule has 0 amide bonds. The normalized spacial score (nSPS) is 20.0. The fraction of sp³-hybridized carbons (Fsp3) is 0.667. The minimum Gasteiger partial charge on any atom is -0.469 e. The number of carbonyl (C=O) groups excluding carboxylic acids is 1. The number of likely N-dealkylation sites (tertiary alicyclic amines) is 1. The summed E-state index contributed by atoms with van der Waals surface area (Å²) in [5.74, 6) is -0.171. The first-order valence-electron chi connectivity index (χ1n) is 7.24. The van der Waals surface area contributed by atoms with Crippen molar-refractivity contribution >= 4 is 17.3 Å². The molecule has 0 aliphatic carbocycles. The molecule has 4 nitrogen and oxygen atoms in total. The molecule has 5 heteroatoms. The summed E-state index contributed by atoms with van der Waals surface area (Å²) in [7, 11) is 3.64. The van der Waals surface area contributed by atoms with Gasteiger partial charge < -0.3 is 15.0 Å². The van der Waals surface area contributed by atoms with Crippen molar-refractivity contribution in [2.45, 2.75) is 38.3 Å². The molecule has 1 atom stereocenters. The van der Waals surface area contributed by atoms with Crippen LogP contribution in [0.4, 0.5) is 0 Å². The maximum Gasteiger partial charge on any atom is 0.310 e. The molecule has 1 aliphatic rings. The predicted octanol–water partition coefficient (Wildman–Crippen LogP) is 2.04. The van der Waals surface area contributed by atoms with E-state index in [1.165, 1.54) is 37.8 Å². The molecular weight excluding hydrogens is 272 g/mol. The third-order valence-corrected chi connectivity index (χ3v) is 4.95. The molecule has 1 fully saturated rings. The van der Waals surface area contributed by atoms with E-state index >= 15 is 0 Å². The lowest BCUT2D eigenvalue weighted by Gasteiger charge is -2.32. The molecule has 0 saturated carbocycles. The summed E-state index contributed by atoms with van der Waals surface area (Å²) in [4.78, 5) is 16.0. The first-order chi connectivity index (χ1) is 9.69. The molecular formula is C15H24N2O2S. The lowest BCUT2D eigenvalue weighted by atomic mass is 10.0. The van der Waals surface area contributed by atoms with Gasteiger partial charge in [-0.3, -0.25) is 4.79 Å². The summed E-state index contributed by atoms with van der Waals surface area (Å²) in [5, 5.41) is 3.54. The van der Waals surface area contributed by atoms with Crippen LogP contribution in [0.15, 0.2) is 12.1 Å². The van der Waals surface area contributed by atoms with Gasteiger partial charge in [0.15, 0.2) is 0 Å². The Kier molecular flexibility index (Phi) is 6.01. The number of ether oxygens (including phenoxy) is 1. The van der Waals surface area contributed by atoms with Crippen molar-refractivity contribution in [3.05, 3.63) is 21.9 Å². The Morgan fingerprint density at radius 3 is 3.00 bits per heavy atom. The van der Waals surface area contributed by atoms with E-state index in [1.54, 1.807) is 11.3 Å². The van der Waals surface area contributed by atoms with E-state index in [9.17, 15) is 4.79 Å². The molecule has 1 aromatic heterocycles. The highest BCUT2D eigenvalue weighted by Crippen LogP contribution is 2.18. The third-order valence-electron chi connectivity index (χ3n) is 3.86. The molecule has 0 radical (unpaired) electrons. The van der Waals surface area contributed by atoms with Crippen molar-refractivity contribution in [3.63, 3.8) is 0 Å². The van der Waals surface area contributed by atoms with Gasteiger partial charge in [-0.15, -0.1) is 11.3 Å². The third kappa shape index (κ3) is 4.58. The number of carbonyl (C=O) groups is 1. The Morgan fingerprint density at radius 1 is 1.45 bits per heavy atom. The van der Waals surface area contributed by atoms with Crippen molar-refractivity contribution in [2.24, 2.45) is 0 Å². The van der Waals surface area contributed by atoms with Crippen LogP contribution in [0, 0.1) is 0 Å². The van der Waals surface area contributed by atoms with Gasteiger partial charge in [-0.05, 0) is 38.6 Å². The molecule has 20 heavy (non-hydrogen) atoms. The predicted molar refractivity (Wildman–Crippen MR) is 82.0 cm³/mol. The molecule has 1 aromatic rings. The molecule has 0 bridgehead atoms. The second kappa shape index (κ2) is 7.76. The lowest BCUT2D eigenvalue weighted by Crippen LogP contribution is -2.42. The number of thiophene rings is 1. The van der Waals surface area contributed by atoms with Crippen LogP contribution in [0.3, 0.4) is 0 Å². The van der Waals surface area contributed by atoms with E-state index in [4.69, 9.17) is 0 Å². The number of rotatable bonds is 6. The van der Waals surface area contributed by atoms with Crippen molar-refractivity contribution in [2.75, 3.05) is 27.2 Å². The summed E-state index contributed by atoms with van der Waals surface area (Å²) in [6, 6.07) is 4.78.